The molecule has 0 bridgehead atoms. The van der Waals surface area contributed by atoms with Crippen molar-refractivity contribution < 1.29 is 4.79 Å². The van der Waals surface area contributed by atoms with E-state index in [0.717, 1.165) is 17.7 Å². The molecule has 0 saturated heterocycles. The first kappa shape index (κ1) is 14.3. The highest BCUT2D eigenvalue weighted by atomic mass is 35.5. The van der Waals surface area contributed by atoms with E-state index in [9.17, 15) is 4.79 Å². The molecule has 0 aliphatic heterocycles. The smallest absolute Gasteiger partial charge is 0.253 e. The number of nitrogens with one attached hydrogen (secondary N) is 1. The summed E-state index contributed by atoms with van der Waals surface area (Å²) in [6.45, 7) is 2.42. The summed E-state index contributed by atoms with van der Waals surface area (Å²) in [4.78, 5) is 15.9. The minimum Gasteiger partial charge on any atom is -0.397 e. The average Bonchev–Trinajstić information content (AvgIpc) is 2.79. The summed E-state index contributed by atoms with van der Waals surface area (Å²) in [5, 5.41) is 7.37. The predicted molar refractivity (Wildman–Crippen MR) is 77.4 cm³/mol. The molecule has 0 saturated carbocycles. The van der Waals surface area contributed by atoms with Crippen molar-refractivity contribution in [3.63, 3.8) is 0 Å². The van der Waals surface area contributed by atoms with Crippen molar-refractivity contribution in [3.8, 4) is 0 Å². The number of hydrogen-bond donors (Lipinski definition) is 2. The van der Waals surface area contributed by atoms with E-state index in [2.05, 4.69) is 15.4 Å². The molecule has 1 amide bonds. The minimum absolute atomic E-state index is 0.236. The van der Waals surface area contributed by atoms with Crippen LogP contribution in [0.25, 0.3) is 0 Å². The van der Waals surface area contributed by atoms with Gasteiger partial charge in [0.15, 0.2) is 0 Å². The Morgan fingerprint density at radius 2 is 2.30 bits per heavy atom. The zero-order chi connectivity index (χ0) is 14.7. The molecule has 2 aromatic rings. The summed E-state index contributed by atoms with van der Waals surface area (Å²) >= 11 is 5.77. The van der Waals surface area contributed by atoms with Gasteiger partial charge in [0, 0.05) is 25.4 Å². The average molecular weight is 294 g/mol. The second-order valence-corrected chi connectivity index (χ2v) is 4.79. The number of rotatable bonds is 4. The van der Waals surface area contributed by atoms with Crippen LogP contribution in [-0.4, -0.2) is 20.7 Å². The first-order valence-electron chi connectivity index (χ1n) is 6.22. The molecule has 0 spiro atoms. The summed E-state index contributed by atoms with van der Waals surface area (Å²) in [5.74, 6) is -0.280. The van der Waals surface area contributed by atoms with E-state index in [4.69, 9.17) is 17.3 Å². The van der Waals surface area contributed by atoms with Crippen molar-refractivity contribution >= 4 is 23.2 Å². The number of nitrogen functional groups attached to an aromatic ring is 1. The molecular formula is C13H16ClN5O. The third-order valence-electron chi connectivity index (χ3n) is 2.91. The first-order valence-corrected chi connectivity index (χ1v) is 6.59. The van der Waals surface area contributed by atoms with Gasteiger partial charge in [-0.3, -0.25) is 9.48 Å². The van der Waals surface area contributed by atoms with E-state index in [1.165, 1.54) is 12.3 Å². The molecule has 0 fully saturated rings. The van der Waals surface area contributed by atoms with Gasteiger partial charge in [0.25, 0.3) is 5.91 Å². The van der Waals surface area contributed by atoms with Crippen LogP contribution in [0.5, 0.6) is 0 Å². The van der Waals surface area contributed by atoms with Gasteiger partial charge in [-0.2, -0.15) is 5.10 Å². The van der Waals surface area contributed by atoms with Crippen molar-refractivity contribution in [2.75, 3.05) is 5.73 Å². The van der Waals surface area contributed by atoms with Gasteiger partial charge in [-0.1, -0.05) is 18.5 Å². The van der Waals surface area contributed by atoms with Crippen LogP contribution in [0.15, 0.2) is 18.5 Å². The summed E-state index contributed by atoms with van der Waals surface area (Å²) in [7, 11) is 1.85. The van der Waals surface area contributed by atoms with Crippen molar-refractivity contribution in [3.05, 3.63) is 40.4 Å². The number of nitrogens with two attached hydrogens (primary N) is 1. The van der Waals surface area contributed by atoms with Gasteiger partial charge >= 0.3 is 0 Å². The van der Waals surface area contributed by atoms with Crippen LogP contribution in [0.4, 0.5) is 5.69 Å². The topological polar surface area (TPSA) is 85.8 Å². The Kier molecular flexibility index (Phi) is 4.24. The Hall–Kier alpha value is -2.08. The zero-order valence-electron chi connectivity index (χ0n) is 11.4. The molecular weight excluding hydrogens is 278 g/mol. The van der Waals surface area contributed by atoms with Crippen LogP contribution < -0.4 is 11.1 Å². The maximum absolute atomic E-state index is 12.1. The summed E-state index contributed by atoms with van der Waals surface area (Å²) in [5.41, 5.74) is 8.30. The number of aromatic nitrogens is 3. The van der Waals surface area contributed by atoms with Crippen LogP contribution in [0.1, 0.15) is 28.5 Å². The zero-order valence-corrected chi connectivity index (χ0v) is 12.1. The lowest BCUT2D eigenvalue weighted by molar-refractivity contribution is 0.0951. The highest BCUT2D eigenvalue weighted by Crippen LogP contribution is 2.15. The standard InChI is InChI=1S/C13H16ClN5O/c1-3-11-8(7-19(2)18-11)5-17-13(20)9-4-12(14)16-6-10(9)15/h4,6-7H,3,5,15H2,1-2H3,(H,17,20). The maximum Gasteiger partial charge on any atom is 0.253 e. The lowest BCUT2D eigenvalue weighted by Crippen LogP contribution is -2.24. The van der Waals surface area contributed by atoms with Crippen LogP contribution >= 0.6 is 11.6 Å². The van der Waals surface area contributed by atoms with Gasteiger partial charge in [-0.05, 0) is 12.5 Å². The third-order valence-corrected chi connectivity index (χ3v) is 3.12. The first-order chi connectivity index (χ1) is 9.51. The molecule has 0 atom stereocenters. The molecule has 7 heteroatoms. The van der Waals surface area contributed by atoms with Crippen molar-refractivity contribution in [2.24, 2.45) is 7.05 Å². The normalized spacial score (nSPS) is 10.6. The Morgan fingerprint density at radius 1 is 1.55 bits per heavy atom. The van der Waals surface area contributed by atoms with E-state index in [0.29, 0.717) is 17.8 Å². The van der Waals surface area contributed by atoms with Crippen molar-refractivity contribution in [2.45, 2.75) is 19.9 Å². The number of hydrogen-bond acceptors (Lipinski definition) is 4. The molecule has 0 aliphatic rings. The molecule has 20 heavy (non-hydrogen) atoms. The number of halogens is 1. The Bertz CT molecular complexity index is 638. The van der Waals surface area contributed by atoms with Crippen LogP contribution in [-0.2, 0) is 20.0 Å². The minimum atomic E-state index is -0.280. The Labute approximate surface area is 121 Å². The second kappa shape index (κ2) is 5.92. The second-order valence-electron chi connectivity index (χ2n) is 4.41. The largest absolute Gasteiger partial charge is 0.397 e. The SMILES string of the molecule is CCc1nn(C)cc1CNC(=O)c1cc(Cl)ncc1N. The molecule has 2 aromatic heterocycles. The summed E-state index contributed by atoms with van der Waals surface area (Å²) in [6.07, 6.45) is 4.08. The summed E-state index contributed by atoms with van der Waals surface area (Å²) in [6, 6.07) is 1.45. The van der Waals surface area contributed by atoms with Crippen LogP contribution in [0.3, 0.4) is 0 Å². The van der Waals surface area contributed by atoms with Crippen LogP contribution in [0, 0.1) is 0 Å². The van der Waals surface area contributed by atoms with E-state index in [1.54, 1.807) is 4.68 Å². The fourth-order valence-corrected chi connectivity index (χ4v) is 2.09. The van der Waals surface area contributed by atoms with Gasteiger partial charge in [-0.25, -0.2) is 4.98 Å². The van der Waals surface area contributed by atoms with E-state index < -0.39 is 0 Å². The molecule has 106 valence electrons. The van der Waals surface area contributed by atoms with Gasteiger partial charge in [0.1, 0.15) is 5.15 Å². The Balaban J connectivity index is 2.10. The number of anilines is 1. The highest BCUT2D eigenvalue weighted by molar-refractivity contribution is 6.29. The quantitative estimate of drug-likeness (QED) is 0.837. The fourth-order valence-electron chi connectivity index (χ4n) is 1.94. The molecule has 2 rings (SSSR count). The lowest BCUT2D eigenvalue weighted by atomic mass is 10.2. The van der Waals surface area contributed by atoms with Crippen molar-refractivity contribution in [1.29, 1.82) is 0 Å². The van der Waals surface area contributed by atoms with Crippen LogP contribution in [0.2, 0.25) is 5.15 Å². The maximum atomic E-state index is 12.1. The van der Waals surface area contributed by atoms with Gasteiger partial charge in [0.05, 0.1) is 23.1 Å². The van der Waals surface area contributed by atoms with E-state index in [1.807, 2.05) is 20.2 Å². The number of carbonyl (C=O) groups is 1. The van der Waals surface area contributed by atoms with Gasteiger partial charge in [-0.15, -0.1) is 0 Å². The number of carbonyl (C=O) groups excluding carboxylic acids is 1. The number of aryl methyl sites for hydroxylation is 2. The molecule has 0 aromatic carbocycles. The fraction of sp³-hybridized carbons (Fsp3) is 0.308. The van der Waals surface area contributed by atoms with Gasteiger partial charge < -0.3 is 11.1 Å². The molecule has 0 radical (unpaired) electrons. The van der Waals surface area contributed by atoms with Gasteiger partial charge in [0.2, 0.25) is 0 Å². The molecule has 0 aliphatic carbocycles. The lowest BCUT2D eigenvalue weighted by Gasteiger charge is -2.07. The van der Waals surface area contributed by atoms with E-state index in [-0.39, 0.29) is 11.1 Å². The number of amides is 1. The predicted octanol–water partition coefficient (Wildman–Crippen LogP) is 1.54. The Morgan fingerprint density at radius 3 is 3.00 bits per heavy atom. The molecule has 3 N–H and O–H groups in total. The molecule has 6 nitrogen and oxygen atoms in total. The monoisotopic (exact) mass is 293 g/mol. The van der Waals surface area contributed by atoms with E-state index >= 15 is 0 Å². The third kappa shape index (κ3) is 3.08. The summed E-state index contributed by atoms with van der Waals surface area (Å²) < 4.78 is 1.73. The highest BCUT2D eigenvalue weighted by Gasteiger charge is 2.12. The number of nitrogens with zero attached hydrogens (tertiary/aromatic N) is 3. The number of pyridine rings is 1. The molecule has 2 heterocycles. The van der Waals surface area contributed by atoms with Crippen molar-refractivity contribution in [1.82, 2.24) is 20.1 Å². The molecule has 0 unspecified atom stereocenters.